The summed E-state index contributed by atoms with van der Waals surface area (Å²) in [4.78, 5) is 48.9. The van der Waals surface area contributed by atoms with E-state index in [-0.39, 0.29) is 17.1 Å². The van der Waals surface area contributed by atoms with Gasteiger partial charge in [0.2, 0.25) is 0 Å². The van der Waals surface area contributed by atoms with Crippen LogP contribution in [0, 0.1) is 10.1 Å². The molecule has 2 amide bonds. The molecule has 8 nitrogen and oxygen atoms in total. The van der Waals surface area contributed by atoms with E-state index in [1.165, 1.54) is 24.3 Å². The molecule has 170 valence electrons. The second kappa shape index (κ2) is 9.90. The average molecular weight is 495 g/mol. The normalized spacial score (nSPS) is 14.5. The molecule has 1 saturated heterocycles. The summed E-state index contributed by atoms with van der Waals surface area (Å²) in [6, 6.07) is 18.5. The Labute approximate surface area is 202 Å². The predicted molar refractivity (Wildman–Crippen MR) is 127 cm³/mol. The average Bonchev–Trinajstić information content (AvgIpc) is 3.08. The number of halogens is 1. The molecular formula is C24H15ClN2O6S. The molecule has 0 bridgehead atoms. The second-order valence-corrected chi connectivity index (χ2v) is 8.59. The van der Waals surface area contributed by atoms with Crippen molar-refractivity contribution in [3.05, 3.63) is 110 Å². The summed E-state index contributed by atoms with van der Waals surface area (Å²) in [6.45, 7) is 0.0135. The fourth-order valence-corrected chi connectivity index (χ4v) is 4.04. The fourth-order valence-electron chi connectivity index (χ4n) is 3.08. The van der Waals surface area contributed by atoms with E-state index in [9.17, 15) is 24.5 Å². The number of benzene rings is 3. The van der Waals surface area contributed by atoms with Crippen molar-refractivity contribution in [3.63, 3.8) is 0 Å². The third-order valence-electron chi connectivity index (χ3n) is 4.83. The van der Waals surface area contributed by atoms with Crippen molar-refractivity contribution in [3.8, 4) is 5.75 Å². The Balaban J connectivity index is 1.42. The van der Waals surface area contributed by atoms with E-state index in [1.807, 2.05) is 0 Å². The summed E-state index contributed by atoms with van der Waals surface area (Å²) in [5.74, 6) is -0.660. The van der Waals surface area contributed by atoms with Crippen LogP contribution in [0.5, 0.6) is 5.75 Å². The van der Waals surface area contributed by atoms with E-state index >= 15 is 0 Å². The molecule has 0 unspecified atom stereocenters. The van der Waals surface area contributed by atoms with Crippen LogP contribution >= 0.6 is 23.4 Å². The van der Waals surface area contributed by atoms with Crippen LogP contribution in [0.1, 0.15) is 21.5 Å². The number of imide groups is 1. The van der Waals surface area contributed by atoms with Crippen molar-refractivity contribution in [1.82, 2.24) is 4.90 Å². The summed E-state index contributed by atoms with van der Waals surface area (Å²) >= 11 is 6.63. The van der Waals surface area contributed by atoms with Crippen molar-refractivity contribution in [2.75, 3.05) is 0 Å². The number of amides is 2. The number of esters is 1. The number of hydrogen-bond donors (Lipinski definition) is 0. The first kappa shape index (κ1) is 23.2. The Morgan fingerprint density at radius 3 is 2.26 bits per heavy atom. The largest absolute Gasteiger partial charge is 0.423 e. The van der Waals surface area contributed by atoms with Crippen molar-refractivity contribution in [2.45, 2.75) is 6.54 Å². The molecule has 1 aliphatic heterocycles. The third-order valence-corrected chi connectivity index (χ3v) is 5.99. The first-order chi connectivity index (χ1) is 16.3. The van der Waals surface area contributed by atoms with Gasteiger partial charge < -0.3 is 4.74 Å². The standard InChI is InChI=1S/C24H15ClN2O6S/c25-18-7-5-17(6-8-18)23(29)33-20-11-3-15(4-12-20)13-21-22(28)26(24(30)34-21)14-16-1-9-19(10-2-16)27(31)32/h1-13H,14H2/b21-13-. The molecule has 0 aliphatic carbocycles. The van der Waals surface area contributed by atoms with Gasteiger partial charge in [-0.25, -0.2) is 4.79 Å². The molecule has 4 rings (SSSR count). The molecule has 3 aromatic carbocycles. The lowest BCUT2D eigenvalue weighted by Gasteiger charge is -2.12. The maximum Gasteiger partial charge on any atom is 0.343 e. The highest BCUT2D eigenvalue weighted by molar-refractivity contribution is 8.18. The Bertz CT molecular complexity index is 1300. The van der Waals surface area contributed by atoms with Crippen LogP contribution in [0.4, 0.5) is 10.5 Å². The van der Waals surface area contributed by atoms with Gasteiger partial charge in [0.05, 0.1) is 21.9 Å². The van der Waals surface area contributed by atoms with Gasteiger partial charge in [-0.05, 0) is 65.4 Å². The molecule has 0 radical (unpaired) electrons. The van der Waals surface area contributed by atoms with Gasteiger partial charge in [0.15, 0.2) is 0 Å². The topological polar surface area (TPSA) is 107 Å². The molecule has 0 aromatic heterocycles. The lowest BCUT2D eigenvalue weighted by Crippen LogP contribution is -2.27. The van der Waals surface area contributed by atoms with Gasteiger partial charge in [-0.2, -0.15) is 0 Å². The van der Waals surface area contributed by atoms with Gasteiger partial charge in [0, 0.05) is 17.2 Å². The quantitative estimate of drug-likeness (QED) is 0.142. The zero-order valence-corrected chi connectivity index (χ0v) is 18.9. The monoisotopic (exact) mass is 494 g/mol. The molecule has 0 spiro atoms. The van der Waals surface area contributed by atoms with Crippen LogP contribution in [0.15, 0.2) is 77.7 Å². The molecule has 10 heteroatoms. The highest BCUT2D eigenvalue weighted by atomic mass is 35.5. The van der Waals surface area contributed by atoms with Crippen molar-refractivity contribution < 1.29 is 24.0 Å². The van der Waals surface area contributed by atoms with Crippen LogP contribution < -0.4 is 4.74 Å². The predicted octanol–water partition coefficient (Wildman–Crippen LogP) is 5.70. The molecule has 0 N–H and O–H groups in total. The van der Waals surface area contributed by atoms with Gasteiger partial charge in [0.1, 0.15) is 5.75 Å². The van der Waals surface area contributed by atoms with Gasteiger partial charge >= 0.3 is 5.97 Å². The molecule has 34 heavy (non-hydrogen) atoms. The highest BCUT2D eigenvalue weighted by Crippen LogP contribution is 2.33. The molecule has 3 aromatic rings. The Morgan fingerprint density at radius 1 is 1.00 bits per heavy atom. The number of nitro benzene ring substituents is 1. The first-order valence-electron chi connectivity index (χ1n) is 9.87. The van der Waals surface area contributed by atoms with E-state index in [4.69, 9.17) is 16.3 Å². The van der Waals surface area contributed by atoms with E-state index in [1.54, 1.807) is 54.6 Å². The van der Waals surface area contributed by atoms with Crippen molar-refractivity contribution >= 4 is 52.2 Å². The van der Waals surface area contributed by atoms with Gasteiger partial charge in [-0.1, -0.05) is 35.9 Å². The molecule has 1 aliphatic rings. The van der Waals surface area contributed by atoms with E-state index in [2.05, 4.69) is 0 Å². The molecule has 0 saturated carbocycles. The Kier molecular flexibility index (Phi) is 6.76. The minimum absolute atomic E-state index is 0.0135. The molecular weight excluding hydrogens is 480 g/mol. The summed E-state index contributed by atoms with van der Waals surface area (Å²) in [5, 5.41) is 10.9. The molecule has 1 fully saturated rings. The zero-order valence-electron chi connectivity index (χ0n) is 17.3. The fraction of sp³-hybridized carbons (Fsp3) is 0.0417. The summed E-state index contributed by atoms with van der Waals surface area (Å²) < 4.78 is 5.33. The van der Waals surface area contributed by atoms with Crippen LogP contribution in [0.3, 0.4) is 0 Å². The van der Waals surface area contributed by atoms with Crippen LogP contribution in [-0.2, 0) is 11.3 Å². The molecule has 0 atom stereocenters. The maximum absolute atomic E-state index is 12.7. The number of nitro groups is 1. The van der Waals surface area contributed by atoms with E-state index in [0.29, 0.717) is 27.5 Å². The van der Waals surface area contributed by atoms with Crippen LogP contribution in [-0.4, -0.2) is 26.9 Å². The smallest absolute Gasteiger partial charge is 0.343 e. The number of non-ortho nitro benzene ring substituents is 1. The SMILES string of the molecule is O=C(Oc1ccc(/C=C2\SC(=O)N(Cc3ccc([N+](=O)[O-])cc3)C2=O)cc1)c1ccc(Cl)cc1. The third kappa shape index (κ3) is 5.33. The number of hydrogen-bond acceptors (Lipinski definition) is 7. The van der Waals surface area contributed by atoms with Crippen molar-refractivity contribution in [1.29, 1.82) is 0 Å². The van der Waals surface area contributed by atoms with Gasteiger partial charge in [-0.15, -0.1) is 0 Å². The van der Waals surface area contributed by atoms with E-state index in [0.717, 1.165) is 16.7 Å². The summed E-state index contributed by atoms with van der Waals surface area (Å²) in [5.41, 5.74) is 1.53. The number of rotatable bonds is 6. The van der Waals surface area contributed by atoms with Crippen molar-refractivity contribution in [2.24, 2.45) is 0 Å². The summed E-state index contributed by atoms with van der Waals surface area (Å²) in [7, 11) is 0. The van der Waals surface area contributed by atoms with Gasteiger partial charge in [0.25, 0.3) is 16.8 Å². The number of thioether (sulfide) groups is 1. The zero-order chi connectivity index (χ0) is 24.2. The van der Waals surface area contributed by atoms with E-state index < -0.39 is 22.0 Å². The highest BCUT2D eigenvalue weighted by Gasteiger charge is 2.35. The Hall–Kier alpha value is -3.95. The van der Waals surface area contributed by atoms with Crippen LogP contribution in [0.2, 0.25) is 5.02 Å². The Morgan fingerprint density at radius 2 is 1.65 bits per heavy atom. The number of ether oxygens (including phenoxy) is 1. The first-order valence-corrected chi connectivity index (χ1v) is 11.1. The number of carbonyl (C=O) groups excluding carboxylic acids is 3. The summed E-state index contributed by atoms with van der Waals surface area (Å²) in [6.07, 6.45) is 1.57. The lowest BCUT2D eigenvalue weighted by atomic mass is 10.2. The lowest BCUT2D eigenvalue weighted by molar-refractivity contribution is -0.384. The molecule has 1 heterocycles. The van der Waals surface area contributed by atoms with Crippen LogP contribution in [0.25, 0.3) is 6.08 Å². The number of carbonyl (C=O) groups is 3. The second-order valence-electron chi connectivity index (χ2n) is 7.16. The minimum atomic E-state index is -0.531. The number of nitrogens with zero attached hydrogens (tertiary/aromatic N) is 2. The minimum Gasteiger partial charge on any atom is -0.423 e. The maximum atomic E-state index is 12.7. The van der Waals surface area contributed by atoms with Gasteiger partial charge in [-0.3, -0.25) is 24.6 Å².